The highest BCUT2D eigenvalue weighted by molar-refractivity contribution is 5.95. The first-order chi connectivity index (χ1) is 10.1. The van der Waals surface area contributed by atoms with Gasteiger partial charge in [-0.25, -0.2) is 4.39 Å². The Balaban J connectivity index is 2.03. The van der Waals surface area contributed by atoms with Crippen molar-refractivity contribution in [2.45, 2.75) is 31.4 Å². The highest BCUT2D eigenvalue weighted by Crippen LogP contribution is 2.23. The molecule has 21 heavy (non-hydrogen) atoms. The third-order valence-electron chi connectivity index (χ3n) is 3.44. The van der Waals surface area contributed by atoms with E-state index in [1.807, 2.05) is 0 Å². The largest absolute Gasteiger partial charge is 0.395 e. The molecule has 1 fully saturated rings. The average molecular weight is 291 g/mol. The summed E-state index contributed by atoms with van der Waals surface area (Å²) in [6.07, 6.45) is 2.02. The van der Waals surface area contributed by atoms with Crippen LogP contribution in [0.1, 0.15) is 35.2 Å². The Morgan fingerprint density at radius 3 is 2.95 bits per heavy atom. The molecule has 0 spiro atoms. The molecule has 1 aliphatic carbocycles. The molecule has 0 aliphatic heterocycles. The predicted molar refractivity (Wildman–Crippen MR) is 76.3 cm³/mol. The molecule has 0 unspecified atom stereocenters. The molecule has 4 nitrogen and oxygen atoms in total. The molecule has 0 atom stereocenters. The van der Waals surface area contributed by atoms with Gasteiger partial charge in [-0.15, -0.1) is 0 Å². The highest BCUT2D eigenvalue weighted by Gasteiger charge is 2.30. The summed E-state index contributed by atoms with van der Waals surface area (Å²) in [5.74, 6) is 4.53. The molecule has 2 N–H and O–H groups in total. The number of halogens is 1. The van der Waals surface area contributed by atoms with E-state index in [4.69, 9.17) is 9.84 Å². The van der Waals surface area contributed by atoms with E-state index in [2.05, 4.69) is 17.2 Å². The number of nitrogens with one attached hydrogen (secondary N) is 1. The summed E-state index contributed by atoms with van der Waals surface area (Å²) in [6, 6.07) is 4.21. The van der Waals surface area contributed by atoms with Crippen LogP contribution in [0.25, 0.3) is 0 Å². The van der Waals surface area contributed by atoms with E-state index in [0.29, 0.717) is 12.0 Å². The minimum absolute atomic E-state index is 0.00772. The Bertz CT molecular complexity index is 571. The average Bonchev–Trinajstić information content (AvgIpc) is 2.44. The van der Waals surface area contributed by atoms with Gasteiger partial charge in [-0.1, -0.05) is 11.8 Å². The Hall–Kier alpha value is -1.90. The van der Waals surface area contributed by atoms with Gasteiger partial charge in [0.25, 0.3) is 5.91 Å². The zero-order valence-corrected chi connectivity index (χ0v) is 11.9. The number of aliphatic hydroxyl groups excluding tert-OH is 1. The fourth-order valence-electron chi connectivity index (χ4n) is 2.14. The molecule has 1 amide bonds. The molecule has 5 heteroatoms. The van der Waals surface area contributed by atoms with Crippen LogP contribution in [0.3, 0.4) is 0 Å². The lowest BCUT2D eigenvalue weighted by molar-refractivity contribution is 0.0175. The molecule has 1 aliphatic rings. The predicted octanol–water partition coefficient (Wildman–Crippen LogP) is 1.47. The van der Waals surface area contributed by atoms with Gasteiger partial charge in [0.2, 0.25) is 0 Å². The van der Waals surface area contributed by atoms with Crippen molar-refractivity contribution < 1.29 is 19.0 Å². The Morgan fingerprint density at radius 1 is 1.52 bits per heavy atom. The molecule has 1 aromatic rings. The lowest BCUT2D eigenvalue weighted by atomic mass is 9.89. The first kappa shape index (κ1) is 15.5. The van der Waals surface area contributed by atoms with Gasteiger partial charge in [-0.05, 0) is 31.0 Å². The summed E-state index contributed by atoms with van der Waals surface area (Å²) < 4.78 is 18.9. The summed E-state index contributed by atoms with van der Waals surface area (Å²) >= 11 is 0. The number of carbonyl (C=O) groups is 1. The van der Waals surface area contributed by atoms with Crippen LogP contribution < -0.4 is 5.32 Å². The normalized spacial score (nSPS) is 20.1. The van der Waals surface area contributed by atoms with Crippen molar-refractivity contribution in [3.05, 3.63) is 35.1 Å². The number of hydrogen-bond donors (Lipinski definition) is 2. The van der Waals surface area contributed by atoms with Gasteiger partial charge in [0.05, 0.1) is 18.3 Å². The number of aliphatic hydroxyl groups is 1. The zero-order chi connectivity index (χ0) is 15.2. The Morgan fingerprint density at radius 2 is 2.29 bits per heavy atom. The smallest absolute Gasteiger partial charge is 0.254 e. The van der Waals surface area contributed by atoms with Crippen LogP contribution >= 0.6 is 0 Å². The molecule has 0 radical (unpaired) electrons. The first-order valence-electron chi connectivity index (χ1n) is 6.87. The number of carbonyl (C=O) groups excluding carboxylic acids is 1. The number of methoxy groups -OCH3 is 1. The fourth-order valence-corrected chi connectivity index (χ4v) is 2.14. The number of benzene rings is 1. The molecule has 0 saturated heterocycles. The van der Waals surface area contributed by atoms with Crippen LogP contribution in [0, 0.1) is 17.7 Å². The van der Waals surface area contributed by atoms with Gasteiger partial charge in [0.15, 0.2) is 0 Å². The molecule has 0 heterocycles. The minimum atomic E-state index is -0.567. The van der Waals surface area contributed by atoms with E-state index in [9.17, 15) is 9.18 Å². The van der Waals surface area contributed by atoms with Crippen molar-refractivity contribution in [2.24, 2.45) is 0 Å². The van der Waals surface area contributed by atoms with Gasteiger partial charge in [-0.2, -0.15) is 0 Å². The fraction of sp³-hybridized carbons (Fsp3) is 0.438. The van der Waals surface area contributed by atoms with Crippen LogP contribution in [0.5, 0.6) is 0 Å². The maximum Gasteiger partial charge on any atom is 0.254 e. The molecular weight excluding hydrogens is 273 g/mol. The maximum atomic E-state index is 13.7. The van der Waals surface area contributed by atoms with E-state index in [-0.39, 0.29) is 24.3 Å². The van der Waals surface area contributed by atoms with Crippen LogP contribution in [0.15, 0.2) is 18.2 Å². The van der Waals surface area contributed by atoms with Gasteiger partial charge in [0.1, 0.15) is 5.82 Å². The SMILES string of the molecule is COC1CC(NC(=O)c2cc(C#CCCO)ccc2F)C1. The summed E-state index contributed by atoms with van der Waals surface area (Å²) in [7, 11) is 1.64. The van der Waals surface area contributed by atoms with Crippen LogP contribution in [0.4, 0.5) is 4.39 Å². The van der Waals surface area contributed by atoms with Crippen molar-refractivity contribution in [3.8, 4) is 11.8 Å². The number of hydrogen-bond acceptors (Lipinski definition) is 3. The van der Waals surface area contributed by atoms with Gasteiger partial charge >= 0.3 is 0 Å². The standard InChI is InChI=1S/C16H18FNO3/c1-21-13-9-12(10-13)18-16(20)14-8-11(4-2-3-7-19)5-6-15(14)17/h5-6,8,12-13,19H,3,7,9-10H2,1H3,(H,18,20). The van der Waals surface area contributed by atoms with Crippen LogP contribution in [-0.2, 0) is 4.74 Å². The van der Waals surface area contributed by atoms with E-state index < -0.39 is 11.7 Å². The maximum absolute atomic E-state index is 13.7. The van der Waals surface area contributed by atoms with E-state index in [1.165, 1.54) is 18.2 Å². The monoisotopic (exact) mass is 291 g/mol. The van der Waals surface area contributed by atoms with Crippen molar-refractivity contribution >= 4 is 5.91 Å². The van der Waals surface area contributed by atoms with Crippen molar-refractivity contribution in [1.82, 2.24) is 5.32 Å². The summed E-state index contributed by atoms with van der Waals surface area (Å²) in [6.45, 7) is -0.0239. The summed E-state index contributed by atoms with van der Waals surface area (Å²) in [5.41, 5.74) is 0.546. The summed E-state index contributed by atoms with van der Waals surface area (Å²) in [4.78, 5) is 12.1. The van der Waals surface area contributed by atoms with Gasteiger partial charge in [-0.3, -0.25) is 4.79 Å². The van der Waals surface area contributed by atoms with E-state index in [1.54, 1.807) is 7.11 Å². The van der Waals surface area contributed by atoms with Crippen LogP contribution in [0.2, 0.25) is 0 Å². The quantitative estimate of drug-likeness (QED) is 0.826. The lowest BCUT2D eigenvalue weighted by Gasteiger charge is -2.34. The molecule has 1 saturated carbocycles. The first-order valence-corrected chi connectivity index (χ1v) is 6.87. The number of ether oxygens (including phenoxy) is 1. The van der Waals surface area contributed by atoms with Crippen molar-refractivity contribution in [1.29, 1.82) is 0 Å². The third-order valence-corrected chi connectivity index (χ3v) is 3.44. The number of rotatable bonds is 4. The second kappa shape index (κ2) is 7.21. The topological polar surface area (TPSA) is 58.6 Å². The van der Waals surface area contributed by atoms with Gasteiger partial charge in [0, 0.05) is 25.1 Å². The lowest BCUT2D eigenvalue weighted by Crippen LogP contribution is -2.47. The van der Waals surface area contributed by atoms with Crippen LogP contribution in [-0.4, -0.2) is 36.9 Å². The second-order valence-corrected chi connectivity index (χ2v) is 4.97. The second-order valence-electron chi connectivity index (χ2n) is 4.97. The minimum Gasteiger partial charge on any atom is -0.395 e. The molecule has 1 aromatic carbocycles. The molecule has 0 aromatic heterocycles. The number of amides is 1. The van der Waals surface area contributed by atoms with E-state index in [0.717, 1.165) is 12.8 Å². The Kier molecular flexibility index (Phi) is 5.32. The molecule has 0 bridgehead atoms. The molecule has 2 rings (SSSR count). The molecule has 112 valence electrons. The third kappa shape index (κ3) is 4.03. The summed E-state index contributed by atoms with van der Waals surface area (Å²) in [5, 5.41) is 11.5. The zero-order valence-electron chi connectivity index (χ0n) is 11.9. The Labute approximate surface area is 123 Å². The van der Waals surface area contributed by atoms with Crippen molar-refractivity contribution in [2.75, 3.05) is 13.7 Å². The van der Waals surface area contributed by atoms with Crippen molar-refractivity contribution in [3.63, 3.8) is 0 Å². The molecular formula is C16H18FNO3. The highest BCUT2D eigenvalue weighted by atomic mass is 19.1. The van der Waals surface area contributed by atoms with E-state index >= 15 is 0 Å². The van der Waals surface area contributed by atoms with Gasteiger partial charge < -0.3 is 15.2 Å².